The van der Waals surface area contributed by atoms with Crippen LogP contribution in [0.25, 0.3) is 0 Å². The molecule has 1 N–H and O–H groups in total. The van der Waals surface area contributed by atoms with E-state index in [9.17, 15) is 5.11 Å². The van der Waals surface area contributed by atoms with E-state index < -0.39 is 6.10 Å². The minimum atomic E-state index is -0.548. The second-order valence-corrected chi connectivity index (χ2v) is 5.85. The van der Waals surface area contributed by atoms with Gasteiger partial charge in [0.05, 0.1) is 7.11 Å². The second-order valence-electron chi connectivity index (χ2n) is 4.53. The molecule has 96 valence electrons. The van der Waals surface area contributed by atoms with Gasteiger partial charge in [-0.2, -0.15) is 0 Å². The first-order chi connectivity index (χ1) is 8.52. The zero-order valence-electron chi connectivity index (χ0n) is 11.2. The van der Waals surface area contributed by atoms with E-state index in [2.05, 4.69) is 0 Å². The van der Waals surface area contributed by atoms with E-state index >= 15 is 0 Å². The number of hydrogen-bond donors (Lipinski definition) is 1. The number of aliphatic hydroxyl groups is 1. The lowest BCUT2D eigenvalue weighted by Gasteiger charge is -2.15. The van der Waals surface area contributed by atoms with Crippen molar-refractivity contribution in [1.82, 2.24) is 0 Å². The Bertz CT molecular complexity index is 558. The molecular weight excluding hydrogens is 244 g/mol. The van der Waals surface area contributed by atoms with E-state index in [1.54, 1.807) is 18.4 Å². The molecule has 2 nitrogen and oxygen atoms in total. The molecule has 0 fully saturated rings. The van der Waals surface area contributed by atoms with Crippen LogP contribution < -0.4 is 4.74 Å². The first kappa shape index (κ1) is 13.1. The molecule has 2 aromatic rings. The third-order valence-electron chi connectivity index (χ3n) is 3.11. The summed E-state index contributed by atoms with van der Waals surface area (Å²) in [5.41, 5.74) is 3.05. The third-order valence-corrected chi connectivity index (χ3v) is 4.16. The highest BCUT2D eigenvalue weighted by atomic mass is 32.1. The molecule has 1 aromatic carbocycles. The Labute approximate surface area is 112 Å². The van der Waals surface area contributed by atoms with Gasteiger partial charge in [0.25, 0.3) is 0 Å². The summed E-state index contributed by atoms with van der Waals surface area (Å²) in [4.78, 5) is 2.20. The van der Waals surface area contributed by atoms with Gasteiger partial charge < -0.3 is 9.84 Å². The van der Waals surface area contributed by atoms with Crippen molar-refractivity contribution in [2.75, 3.05) is 7.11 Å². The molecule has 3 heteroatoms. The molecule has 1 aromatic heterocycles. The number of thiophene rings is 1. The molecule has 0 saturated heterocycles. The Hall–Kier alpha value is -1.32. The molecule has 1 atom stereocenters. The van der Waals surface area contributed by atoms with Crippen molar-refractivity contribution in [3.8, 4) is 5.75 Å². The van der Waals surface area contributed by atoms with Gasteiger partial charge in [0.2, 0.25) is 0 Å². The van der Waals surface area contributed by atoms with Gasteiger partial charge in [-0.05, 0) is 61.7 Å². The molecular formula is C15H18O2S. The summed E-state index contributed by atoms with van der Waals surface area (Å²) in [6.45, 7) is 6.04. The average molecular weight is 262 g/mol. The summed E-state index contributed by atoms with van der Waals surface area (Å²) >= 11 is 1.63. The monoisotopic (exact) mass is 262 g/mol. The smallest absolute Gasteiger partial charge is 0.122 e. The number of rotatable bonds is 3. The predicted molar refractivity (Wildman–Crippen MR) is 75.6 cm³/mol. The zero-order valence-corrected chi connectivity index (χ0v) is 12.0. The first-order valence-corrected chi connectivity index (χ1v) is 6.74. The lowest BCUT2D eigenvalue weighted by atomic mass is 9.99. The Morgan fingerprint density at radius 3 is 2.39 bits per heavy atom. The molecule has 0 saturated carbocycles. The second kappa shape index (κ2) is 5.12. The van der Waals surface area contributed by atoms with Crippen molar-refractivity contribution in [2.45, 2.75) is 26.9 Å². The standard InChI is InChI=1S/C15H18O2S/c1-9-8-13(17-4)10(2)7-12(9)15(16)14-6-5-11(3)18-14/h5-8,15-16H,1-4H3. The third kappa shape index (κ3) is 2.42. The molecule has 1 heterocycles. The molecule has 0 radical (unpaired) electrons. The van der Waals surface area contributed by atoms with Crippen molar-refractivity contribution >= 4 is 11.3 Å². The van der Waals surface area contributed by atoms with Crippen molar-refractivity contribution in [2.24, 2.45) is 0 Å². The highest BCUT2D eigenvalue weighted by Gasteiger charge is 2.16. The minimum Gasteiger partial charge on any atom is -0.496 e. The van der Waals surface area contributed by atoms with Crippen LogP contribution in [-0.2, 0) is 0 Å². The van der Waals surface area contributed by atoms with E-state index in [1.165, 1.54) is 4.88 Å². The van der Waals surface area contributed by atoms with Gasteiger partial charge in [0, 0.05) is 9.75 Å². The summed E-state index contributed by atoms with van der Waals surface area (Å²) in [5, 5.41) is 10.4. The minimum absolute atomic E-state index is 0.548. The fourth-order valence-electron chi connectivity index (χ4n) is 2.08. The van der Waals surface area contributed by atoms with Gasteiger partial charge in [-0.25, -0.2) is 0 Å². The van der Waals surface area contributed by atoms with Gasteiger partial charge in [0.1, 0.15) is 11.9 Å². The highest BCUT2D eigenvalue weighted by Crippen LogP contribution is 2.33. The quantitative estimate of drug-likeness (QED) is 0.912. The lowest BCUT2D eigenvalue weighted by molar-refractivity contribution is 0.223. The molecule has 2 rings (SSSR count). The SMILES string of the molecule is COc1cc(C)c(C(O)c2ccc(C)s2)cc1C. The number of methoxy groups -OCH3 is 1. The molecule has 0 spiro atoms. The Balaban J connectivity index is 2.42. The average Bonchev–Trinajstić information content (AvgIpc) is 2.77. The first-order valence-electron chi connectivity index (χ1n) is 5.92. The maximum atomic E-state index is 10.4. The molecule has 0 aliphatic carbocycles. The van der Waals surface area contributed by atoms with Crippen LogP contribution in [0.1, 0.15) is 32.5 Å². The largest absolute Gasteiger partial charge is 0.496 e. The fraction of sp³-hybridized carbons (Fsp3) is 0.333. The van der Waals surface area contributed by atoms with Crippen LogP contribution in [-0.4, -0.2) is 12.2 Å². The van der Waals surface area contributed by atoms with Crippen molar-refractivity contribution in [3.05, 3.63) is 50.7 Å². The number of aryl methyl sites for hydroxylation is 3. The summed E-state index contributed by atoms with van der Waals surface area (Å²) in [7, 11) is 1.67. The Morgan fingerprint density at radius 2 is 1.83 bits per heavy atom. The molecule has 0 amide bonds. The Morgan fingerprint density at radius 1 is 1.11 bits per heavy atom. The van der Waals surface area contributed by atoms with Gasteiger partial charge in [-0.3, -0.25) is 0 Å². The number of aliphatic hydroxyl groups excluding tert-OH is 1. The normalized spacial score (nSPS) is 12.5. The van der Waals surface area contributed by atoms with Crippen molar-refractivity contribution in [1.29, 1.82) is 0 Å². The fourth-order valence-corrected chi connectivity index (χ4v) is 2.96. The highest BCUT2D eigenvalue weighted by molar-refractivity contribution is 7.12. The maximum absolute atomic E-state index is 10.4. The van der Waals surface area contributed by atoms with Crippen molar-refractivity contribution < 1.29 is 9.84 Å². The van der Waals surface area contributed by atoms with Gasteiger partial charge in [-0.15, -0.1) is 11.3 Å². The number of hydrogen-bond acceptors (Lipinski definition) is 3. The Kier molecular flexibility index (Phi) is 3.73. The molecule has 0 aliphatic rings. The van der Waals surface area contributed by atoms with Crippen LogP contribution in [0.15, 0.2) is 24.3 Å². The van der Waals surface area contributed by atoms with Gasteiger partial charge in [-0.1, -0.05) is 0 Å². The number of benzene rings is 1. The van der Waals surface area contributed by atoms with Crippen LogP contribution in [0.2, 0.25) is 0 Å². The van der Waals surface area contributed by atoms with Crippen LogP contribution >= 0.6 is 11.3 Å². The maximum Gasteiger partial charge on any atom is 0.122 e. The molecule has 1 unspecified atom stereocenters. The van der Waals surface area contributed by atoms with E-state index in [1.807, 2.05) is 45.0 Å². The van der Waals surface area contributed by atoms with Crippen molar-refractivity contribution in [3.63, 3.8) is 0 Å². The van der Waals surface area contributed by atoms with Crippen LogP contribution in [0.3, 0.4) is 0 Å². The van der Waals surface area contributed by atoms with E-state index in [0.717, 1.165) is 27.3 Å². The van der Waals surface area contributed by atoms with E-state index in [0.29, 0.717) is 0 Å². The molecule has 18 heavy (non-hydrogen) atoms. The lowest BCUT2D eigenvalue weighted by Crippen LogP contribution is -2.01. The van der Waals surface area contributed by atoms with Crippen LogP contribution in [0.4, 0.5) is 0 Å². The summed E-state index contributed by atoms with van der Waals surface area (Å²) in [5.74, 6) is 0.866. The summed E-state index contributed by atoms with van der Waals surface area (Å²) in [6, 6.07) is 8.01. The predicted octanol–water partition coefficient (Wildman–Crippen LogP) is 3.76. The van der Waals surface area contributed by atoms with Crippen LogP contribution in [0.5, 0.6) is 5.75 Å². The van der Waals surface area contributed by atoms with E-state index in [4.69, 9.17) is 4.74 Å². The summed E-state index contributed by atoms with van der Waals surface area (Å²) < 4.78 is 5.29. The molecule has 0 bridgehead atoms. The number of ether oxygens (including phenoxy) is 1. The van der Waals surface area contributed by atoms with Gasteiger partial charge >= 0.3 is 0 Å². The summed E-state index contributed by atoms with van der Waals surface area (Å²) in [6.07, 6.45) is -0.548. The molecule has 0 aliphatic heterocycles. The van der Waals surface area contributed by atoms with E-state index in [-0.39, 0.29) is 0 Å². The zero-order chi connectivity index (χ0) is 13.3. The van der Waals surface area contributed by atoms with Crippen LogP contribution in [0, 0.1) is 20.8 Å². The van der Waals surface area contributed by atoms with Gasteiger partial charge in [0.15, 0.2) is 0 Å². The topological polar surface area (TPSA) is 29.5 Å².